The Hall–Kier alpha value is -2.60. The van der Waals surface area contributed by atoms with Crippen molar-refractivity contribution < 1.29 is 14.5 Å². The minimum absolute atomic E-state index is 0.0878. The van der Waals surface area contributed by atoms with Crippen molar-refractivity contribution in [3.8, 4) is 5.75 Å². The first-order valence-electron chi connectivity index (χ1n) is 6.88. The van der Waals surface area contributed by atoms with E-state index in [0.29, 0.717) is 5.02 Å². The lowest BCUT2D eigenvalue weighted by atomic mass is 10.1. The molecule has 2 aromatic carbocycles. The molecule has 0 heterocycles. The zero-order valence-electron chi connectivity index (χ0n) is 12.4. The fourth-order valence-electron chi connectivity index (χ4n) is 1.98. The predicted molar refractivity (Wildman–Crippen MR) is 86.6 cm³/mol. The van der Waals surface area contributed by atoms with E-state index in [-0.39, 0.29) is 30.0 Å². The van der Waals surface area contributed by atoms with Crippen LogP contribution in [0.3, 0.4) is 0 Å². The van der Waals surface area contributed by atoms with Gasteiger partial charge in [0.05, 0.1) is 17.0 Å². The van der Waals surface area contributed by atoms with Crippen LogP contribution in [-0.2, 0) is 4.79 Å². The first-order valence-corrected chi connectivity index (χ1v) is 7.25. The van der Waals surface area contributed by atoms with Crippen LogP contribution in [0.5, 0.6) is 5.75 Å². The van der Waals surface area contributed by atoms with E-state index >= 15 is 0 Å². The number of carbonyl (C=O) groups is 1. The summed E-state index contributed by atoms with van der Waals surface area (Å²) >= 11 is 5.91. The minimum Gasteiger partial charge on any atom is -0.484 e. The second-order valence-corrected chi connectivity index (χ2v) is 5.32. The smallest absolute Gasteiger partial charge is 0.273 e. The Morgan fingerprint density at radius 2 is 2.04 bits per heavy atom. The normalized spacial score (nSPS) is 11.6. The molecular weight excluding hydrogens is 320 g/mol. The van der Waals surface area contributed by atoms with Gasteiger partial charge < -0.3 is 10.1 Å². The Morgan fingerprint density at radius 3 is 2.74 bits per heavy atom. The molecule has 23 heavy (non-hydrogen) atoms. The van der Waals surface area contributed by atoms with Gasteiger partial charge in [-0.1, -0.05) is 29.8 Å². The Labute approximate surface area is 138 Å². The second kappa shape index (κ2) is 7.60. The fraction of sp³-hybridized carbons (Fsp3) is 0.188. The van der Waals surface area contributed by atoms with Gasteiger partial charge in [0.25, 0.3) is 11.6 Å². The number of amides is 1. The Balaban J connectivity index is 1.90. The van der Waals surface area contributed by atoms with Gasteiger partial charge in [0.1, 0.15) is 5.75 Å². The topological polar surface area (TPSA) is 81.5 Å². The molecule has 0 unspecified atom stereocenters. The van der Waals surface area contributed by atoms with Gasteiger partial charge in [-0.05, 0) is 30.7 Å². The summed E-state index contributed by atoms with van der Waals surface area (Å²) < 4.78 is 5.28. The van der Waals surface area contributed by atoms with Gasteiger partial charge >= 0.3 is 0 Å². The average Bonchev–Trinajstić information content (AvgIpc) is 2.53. The molecule has 0 spiro atoms. The predicted octanol–water partition coefficient (Wildman–Crippen LogP) is 3.50. The number of ether oxygens (including phenoxy) is 1. The van der Waals surface area contributed by atoms with E-state index in [1.165, 1.54) is 18.2 Å². The molecule has 0 aromatic heterocycles. The zero-order valence-corrected chi connectivity index (χ0v) is 13.1. The van der Waals surface area contributed by atoms with Crippen molar-refractivity contribution in [3.05, 3.63) is 69.2 Å². The van der Waals surface area contributed by atoms with Crippen molar-refractivity contribution >= 4 is 23.2 Å². The van der Waals surface area contributed by atoms with E-state index in [4.69, 9.17) is 16.3 Å². The quantitative estimate of drug-likeness (QED) is 0.647. The molecule has 0 saturated heterocycles. The molecule has 0 radical (unpaired) electrons. The molecule has 1 amide bonds. The molecule has 2 aromatic rings. The maximum absolute atomic E-state index is 11.9. The van der Waals surface area contributed by atoms with Gasteiger partial charge in [-0.25, -0.2) is 0 Å². The maximum Gasteiger partial charge on any atom is 0.273 e. The third-order valence-electron chi connectivity index (χ3n) is 3.12. The highest BCUT2D eigenvalue weighted by Gasteiger charge is 2.12. The largest absolute Gasteiger partial charge is 0.484 e. The van der Waals surface area contributed by atoms with Crippen LogP contribution in [0.1, 0.15) is 18.5 Å². The van der Waals surface area contributed by atoms with Crippen LogP contribution in [0.15, 0.2) is 48.5 Å². The lowest BCUT2D eigenvalue weighted by Gasteiger charge is -2.15. The summed E-state index contributed by atoms with van der Waals surface area (Å²) in [6, 6.07) is 12.6. The molecule has 6 nitrogen and oxygen atoms in total. The van der Waals surface area contributed by atoms with Crippen LogP contribution in [-0.4, -0.2) is 17.4 Å². The standard InChI is InChI=1S/C16H15ClN2O4/c1-11(12-4-2-5-13(17)8-12)18-16(20)10-23-15-7-3-6-14(9-15)19(21)22/h2-9,11H,10H2,1H3,(H,18,20)/t11-/m0/s1. The van der Waals surface area contributed by atoms with Gasteiger partial charge in [0, 0.05) is 11.1 Å². The summed E-state index contributed by atoms with van der Waals surface area (Å²) in [4.78, 5) is 22.1. The van der Waals surface area contributed by atoms with Crippen LogP contribution in [0.2, 0.25) is 5.02 Å². The summed E-state index contributed by atoms with van der Waals surface area (Å²) in [7, 11) is 0. The van der Waals surface area contributed by atoms with Gasteiger partial charge in [-0.15, -0.1) is 0 Å². The summed E-state index contributed by atoms with van der Waals surface area (Å²) in [6.45, 7) is 1.60. The number of nitrogens with zero attached hydrogens (tertiary/aromatic N) is 1. The number of halogens is 1. The van der Waals surface area contributed by atoms with Crippen molar-refractivity contribution in [2.24, 2.45) is 0 Å². The molecule has 0 saturated carbocycles. The number of benzene rings is 2. The molecule has 0 bridgehead atoms. The van der Waals surface area contributed by atoms with Crippen LogP contribution >= 0.6 is 11.6 Å². The van der Waals surface area contributed by atoms with E-state index in [0.717, 1.165) is 5.56 Å². The number of nitro benzene ring substituents is 1. The average molecular weight is 335 g/mol. The molecular formula is C16H15ClN2O4. The summed E-state index contributed by atoms with van der Waals surface area (Å²) in [5.41, 5.74) is 0.788. The first-order chi connectivity index (χ1) is 11.0. The zero-order chi connectivity index (χ0) is 16.8. The summed E-state index contributed by atoms with van der Waals surface area (Å²) in [6.07, 6.45) is 0. The number of hydrogen-bond acceptors (Lipinski definition) is 4. The first kappa shape index (κ1) is 16.8. The number of rotatable bonds is 6. The molecule has 0 fully saturated rings. The number of nitrogens with one attached hydrogen (secondary N) is 1. The van der Waals surface area contributed by atoms with Crippen molar-refractivity contribution in [3.63, 3.8) is 0 Å². The molecule has 120 valence electrons. The van der Waals surface area contributed by atoms with Crippen molar-refractivity contribution in [1.29, 1.82) is 0 Å². The third-order valence-corrected chi connectivity index (χ3v) is 3.36. The van der Waals surface area contributed by atoms with Crippen LogP contribution in [0.25, 0.3) is 0 Å². The molecule has 2 rings (SSSR count). The van der Waals surface area contributed by atoms with E-state index in [9.17, 15) is 14.9 Å². The molecule has 1 N–H and O–H groups in total. The molecule has 0 aliphatic heterocycles. The van der Waals surface area contributed by atoms with Gasteiger partial charge in [-0.2, -0.15) is 0 Å². The summed E-state index contributed by atoms with van der Waals surface area (Å²) in [5.74, 6) is -0.0614. The van der Waals surface area contributed by atoms with E-state index in [1.54, 1.807) is 24.3 Å². The minimum atomic E-state index is -0.520. The van der Waals surface area contributed by atoms with Crippen molar-refractivity contribution in [1.82, 2.24) is 5.32 Å². The maximum atomic E-state index is 11.9. The number of carbonyl (C=O) groups excluding carboxylic acids is 1. The highest BCUT2D eigenvalue weighted by molar-refractivity contribution is 6.30. The Bertz CT molecular complexity index is 721. The highest BCUT2D eigenvalue weighted by atomic mass is 35.5. The van der Waals surface area contributed by atoms with Crippen molar-refractivity contribution in [2.45, 2.75) is 13.0 Å². The van der Waals surface area contributed by atoms with Crippen LogP contribution < -0.4 is 10.1 Å². The monoisotopic (exact) mass is 334 g/mol. The lowest BCUT2D eigenvalue weighted by molar-refractivity contribution is -0.384. The lowest BCUT2D eigenvalue weighted by Crippen LogP contribution is -2.31. The van der Waals surface area contributed by atoms with E-state index in [1.807, 2.05) is 13.0 Å². The van der Waals surface area contributed by atoms with Gasteiger partial charge in [0.2, 0.25) is 0 Å². The molecule has 7 heteroatoms. The highest BCUT2D eigenvalue weighted by Crippen LogP contribution is 2.19. The van der Waals surface area contributed by atoms with Crippen LogP contribution in [0.4, 0.5) is 5.69 Å². The molecule has 0 aliphatic rings. The van der Waals surface area contributed by atoms with Crippen molar-refractivity contribution in [2.75, 3.05) is 6.61 Å². The Morgan fingerprint density at radius 1 is 1.30 bits per heavy atom. The molecule has 1 atom stereocenters. The second-order valence-electron chi connectivity index (χ2n) is 4.89. The van der Waals surface area contributed by atoms with E-state index < -0.39 is 4.92 Å². The number of hydrogen-bond donors (Lipinski definition) is 1. The summed E-state index contributed by atoms with van der Waals surface area (Å²) in [5, 5.41) is 14.0. The van der Waals surface area contributed by atoms with Gasteiger partial charge in [-0.3, -0.25) is 14.9 Å². The number of non-ortho nitro benzene ring substituents is 1. The molecule has 0 aliphatic carbocycles. The SMILES string of the molecule is C[C@H](NC(=O)COc1cccc([N+](=O)[O-])c1)c1cccc(Cl)c1. The van der Waals surface area contributed by atoms with E-state index in [2.05, 4.69) is 5.32 Å². The van der Waals surface area contributed by atoms with Crippen LogP contribution in [0, 0.1) is 10.1 Å². The third kappa shape index (κ3) is 4.96. The fourth-order valence-corrected chi connectivity index (χ4v) is 2.18. The number of nitro groups is 1. The Kier molecular flexibility index (Phi) is 5.54. The van der Waals surface area contributed by atoms with Gasteiger partial charge in [0.15, 0.2) is 6.61 Å².